The van der Waals surface area contributed by atoms with E-state index in [0.29, 0.717) is 11.9 Å². The highest BCUT2D eigenvalue weighted by Gasteiger charge is 2.04. The van der Waals surface area contributed by atoms with Crippen LogP contribution in [0.3, 0.4) is 0 Å². The predicted octanol–water partition coefficient (Wildman–Crippen LogP) is 3.26. The Bertz CT molecular complexity index is 291. The van der Waals surface area contributed by atoms with Crippen LogP contribution >= 0.6 is 11.6 Å². The van der Waals surface area contributed by atoms with Crippen molar-refractivity contribution in [3.63, 3.8) is 0 Å². The summed E-state index contributed by atoms with van der Waals surface area (Å²) in [6.07, 6.45) is 0.993. The molecule has 0 radical (unpaired) electrons. The lowest BCUT2D eigenvalue weighted by Gasteiger charge is -2.16. The molecule has 1 rings (SSSR count). The van der Waals surface area contributed by atoms with Crippen LogP contribution in [0.2, 0.25) is 0 Å². The second kappa shape index (κ2) is 6.70. The minimum Gasteiger partial charge on any atom is -0.385 e. The van der Waals surface area contributed by atoms with Gasteiger partial charge >= 0.3 is 0 Å². The van der Waals surface area contributed by atoms with Crippen molar-refractivity contribution in [2.45, 2.75) is 25.3 Å². The van der Waals surface area contributed by atoms with Crippen LogP contribution in [0, 0.1) is 0 Å². The van der Waals surface area contributed by atoms with Gasteiger partial charge in [-0.1, -0.05) is 18.2 Å². The molecule has 1 unspecified atom stereocenters. The molecule has 2 nitrogen and oxygen atoms in total. The molecule has 1 aromatic carbocycles. The zero-order valence-electron chi connectivity index (χ0n) is 9.29. The van der Waals surface area contributed by atoms with Crippen LogP contribution in [0.5, 0.6) is 0 Å². The summed E-state index contributed by atoms with van der Waals surface area (Å²) in [6.45, 7) is 2.92. The fraction of sp³-hybridized carbons (Fsp3) is 0.500. The summed E-state index contributed by atoms with van der Waals surface area (Å²) in [4.78, 5) is 0. The maximum Gasteiger partial charge on any atom is 0.0494 e. The fourth-order valence-electron chi connectivity index (χ4n) is 1.41. The number of methoxy groups -OCH3 is 1. The quantitative estimate of drug-likeness (QED) is 0.754. The minimum atomic E-state index is 0.398. The fourth-order valence-corrected chi connectivity index (χ4v) is 1.64. The summed E-state index contributed by atoms with van der Waals surface area (Å²) >= 11 is 5.86. The highest BCUT2D eigenvalue weighted by atomic mass is 35.5. The van der Waals surface area contributed by atoms with E-state index in [0.717, 1.165) is 24.3 Å². The molecule has 0 saturated heterocycles. The first-order valence-electron chi connectivity index (χ1n) is 5.17. The van der Waals surface area contributed by atoms with Crippen molar-refractivity contribution in [1.29, 1.82) is 0 Å². The molecule has 0 heterocycles. The van der Waals surface area contributed by atoms with Crippen LogP contribution in [0.15, 0.2) is 24.3 Å². The molecule has 0 amide bonds. The lowest BCUT2D eigenvalue weighted by Crippen LogP contribution is -2.17. The van der Waals surface area contributed by atoms with E-state index in [1.165, 1.54) is 0 Å². The largest absolute Gasteiger partial charge is 0.385 e. The highest BCUT2D eigenvalue weighted by molar-refractivity contribution is 6.17. The van der Waals surface area contributed by atoms with Crippen molar-refractivity contribution in [3.05, 3.63) is 29.8 Å². The molecule has 0 aliphatic heterocycles. The van der Waals surface area contributed by atoms with Crippen molar-refractivity contribution in [2.75, 3.05) is 19.0 Å². The monoisotopic (exact) mass is 227 g/mol. The third kappa shape index (κ3) is 4.10. The van der Waals surface area contributed by atoms with E-state index in [1.807, 2.05) is 18.2 Å². The molecule has 0 fully saturated rings. The van der Waals surface area contributed by atoms with Crippen LogP contribution in [-0.4, -0.2) is 19.8 Å². The van der Waals surface area contributed by atoms with Crippen LogP contribution in [-0.2, 0) is 10.6 Å². The molecule has 0 aliphatic carbocycles. The summed E-state index contributed by atoms with van der Waals surface area (Å²) in [7, 11) is 1.72. The second-order valence-electron chi connectivity index (χ2n) is 3.62. The third-order valence-corrected chi connectivity index (χ3v) is 2.61. The molecule has 0 aliphatic rings. The number of hydrogen-bond acceptors (Lipinski definition) is 2. The van der Waals surface area contributed by atoms with Gasteiger partial charge < -0.3 is 10.1 Å². The van der Waals surface area contributed by atoms with Crippen molar-refractivity contribution in [3.8, 4) is 0 Å². The van der Waals surface area contributed by atoms with Crippen molar-refractivity contribution in [2.24, 2.45) is 0 Å². The Morgan fingerprint density at radius 2 is 2.13 bits per heavy atom. The number of ether oxygens (including phenoxy) is 1. The molecule has 84 valence electrons. The Morgan fingerprint density at radius 3 is 2.80 bits per heavy atom. The third-order valence-electron chi connectivity index (χ3n) is 2.32. The average molecular weight is 228 g/mol. The number of alkyl halides is 1. The number of hydrogen-bond donors (Lipinski definition) is 1. The molecule has 15 heavy (non-hydrogen) atoms. The van der Waals surface area contributed by atoms with Gasteiger partial charge in [-0.05, 0) is 25.0 Å². The smallest absolute Gasteiger partial charge is 0.0494 e. The van der Waals surface area contributed by atoms with Gasteiger partial charge in [0.15, 0.2) is 0 Å². The lowest BCUT2D eigenvalue weighted by atomic mass is 10.1. The molecule has 1 N–H and O–H groups in total. The van der Waals surface area contributed by atoms with Gasteiger partial charge in [-0.15, -0.1) is 11.6 Å². The van der Waals surface area contributed by atoms with E-state index < -0.39 is 0 Å². The molecule has 3 heteroatoms. The standard InChI is InChI=1S/C12H18ClNO/c1-10(7-8-15-2)14-12-6-4-3-5-11(12)9-13/h3-6,10,14H,7-9H2,1-2H3. The Kier molecular flexibility index (Phi) is 5.51. The van der Waals surface area contributed by atoms with E-state index in [2.05, 4.69) is 18.3 Å². The zero-order valence-corrected chi connectivity index (χ0v) is 10.1. The first-order valence-corrected chi connectivity index (χ1v) is 5.70. The van der Waals surface area contributed by atoms with Crippen molar-refractivity contribution in [1.82, 2.24) is 0 Å². The van der Waals surface area contributed by atoms with Gasteiger partial charge in [-0.3, -0.25) is 0 Å². The number of anilines is 1. The Labute approximate surface area is 96.6 Å². The van der Waals surface area contributed by atoms with Gasteiger partial charge in [0.05, 0.1) is 0 Å². The van der Waals surface area contributed by atoms with Gasteiger partial charge in [-0.25, -0.2) is 0 Å². The number of rotatable bonds is 6. The number of nitrogens with one attached hydrogen (secondary N) is 1. The molecular weight excluding hydrogens is 210 g/mol. The summed E-state index contributed by atoms with van der Waals surface area (Å²) in [5.41, 5.74) is 2.26. The van der Waals surface area contributed by atoms with Gasteiger partial charge in [0.25, 0.3) is 0 Å². The molecule has 0 spiro atoms. The maximum atomic E-state index is 5.86. The second-order valence-corrected chi connectivity index (χ2v) is 3.88. The number of benzene rings is 1. The summed E-state index contributed by atoms with van der Waals surface area (Å²) in [6, 6.07) is 8.51. The van der Waals surface area contributed by atoms with E-state index in [4.69, 9.17) is 16.3 Å². The molecule has 0 bridgehead atoms. The molecular formula is C12H18ClNO. The normalized spacial score (nSPS) is 12.5. The Morgan fingerprint density at radius 1 is 1.40 bits per heavy atom. The number of para-hydroxylation sites is 1. The number of halogens is 1. The van der Waals surface area contributed by atoms with Crippen molar-refractivity contribution >= 4 is 17.3 Å². The minimum absolute atomic E-state index is 0.398. The van der Waals surface area contributed by atoms with Gasteiger partial charge in [0.2, 0.25) is 0 Å². The zero-order chi connectivity index (χ0) is 11.1. The molecule has 0 saturated carbocycles. The van der Waals surface area contributed by atoms with Gasteiger partial charge in [-0.2, -0.15) is 0 Å². The van der Waals surface area contributed by atoms with Crippen LogP contribution in [0.4, 0.5) is 5.69 Å². The SMILES string of the molecule is COCCC(C)Nc1ccccc1CCl. The van der Waals surface area contributed by atoms with E-state index >= 15 is 0 Å². The van der Waals surface area contributed by atoms with Gasteiger partial charge in [0, 0.05) is 31.3 Å². The van der Waals surface area contributed by atoms with Crippen molar-refractivity contribution < 1.29 is 4.74 Å². The predicted molar refractivity (Wildman–Crippen MR) is 65.6 cm³/mol. The molecule has 1 atom stereocenters. The summed E-state index contributed by atoms with van der Waals surface area (Å²) in [5.74, 6) is 0.542. The van der Waals surface area contributed by atoms with Gasteiger partial charge in [0.1, 0.15) is 0 Å². The highest BCUT2D eigenvalue weighted by Crippen LogP contribution is 2.18. The average Bonchev–Trinajstić information content (AvgIpc) is 2.27. The molecule has 1 aromatic rings. The van der Waals surface area contributed by atoms with E-state index in [9.17, 15) is 0 Å². The summed E-state index contributed by atoms with van der Waals surface area (Å²) in [5, 5.41) is 3.43. The topological polar surface area (TPSA) is 21.3 Å². The van der Waals surface area contributed by atoms with E-state index in [-0.39, 0.29) is 0 Å². The molecule has 0 aromatic heterocycles. The van der Waals surface area contributed by atoms with Crippen LogP contribution in [0.25, 0.3) is 0 Å². The Hall–Kier alpha value is -0.730. The first kappa shape index (κ1) is 12.3. The summed E-state index contributed by atoms with van der Waals surface area (Å²) < 4.78 is 5.04. The Balaban J connectivity index is 2.55. The lowest BCUT2D eigenvalue weighted by molar-refractivity contribution is 0.191. The maximum absolute atomic E-state index is 5.86. The van der Waals surface area contributed by atoms with Crippen LogP contribution in [0.1, 0.15) is 18.9 Å². The van der Waals surface area contributed by atoms with Crippen LogP contribution < -0.4 is 5.32 Å². The first-order chi connectivity index (χ1) is 7.27. The van der Waals surface area contributed by atoms with E-state index in [1.54, 1.807) is 7.11 Å².